The smallest absolute Gasteiger partial charge is 0.318 e. The van der Waals surface area contributed by atoms with Crippen LogP contribution >= 0.6 is 0 Å². The zero-order chi connectivity index (χ0) is 16.0. The number of nitrogens with one attached hydrogen (secondary N) is 1. The zero-order valence-electron chi connectivity index (χ0n) is 14.3. The highest BCUT2D eigenvalue weighted by Crippen LogP contribution is 2.54. The fourth-order valence-electron chi connectivity index (χ4n) is 5.69. The number of rotatable bonds is 3. The number of likely N-dealkylation sites (tertiary alicyclic amines) is 2. The van der Waals surface area contributed by atoms with Crippen LogP contribution in [0.4, 0.5) is 4.79 Å². The molecule has 0 radical (unpaired) electrons. The first kappa shape index (κ1) is 15.7. The normalized spacial score (nSPS) is 41.1. The van der Waals surface area contributed by atoms with E-state index in [2.05, 4.69) is 17.1 Å². The summed E-state index contributed by atoms with van der Waals surface area (Å²) in [6.07, 6.45) is 7.21. The van der Waals surface area contributed by atoms with Gasteiger partial charge in [-0.25, -0.2) is 4.79 Å². The van der Waals surface area contributed by atoms with Crippen molar-refractivity contribution in [1.29, 1.82) is 0 Å². The second kappa shape index (κ2) is 6.25. The molecule has 2 heterocycles. The Morgan fingerprint density at radius 3 is 2.61 bits per heavy atom. The number of carbonyl (C=O) groups is 1. The molecule has 0 aromatic heterocycles. The summed E-state index contributed by atoms with van der Waals surface area (Å²) in [5.74, 6) is 1.64. The highest BCUT2D eigenvalue weighted by Gasteiger charge is 2.60. The summed E-state index contributed by atoms with van der Waals surface area (Å²) < 4.78 is 0. The first-order valence-electron chi connectivity index (χ1n) is 9.61. The highest BCUT2D eigenvalue weighted by atomic mass is 16.3. The third kappa shape index (κ3) is 2.86. The van der Waals surface area contributed by atoms with Crippen LogP contribution in [0.2, 0.25) is 0 Å². The molecule has 2 amide bonds. The van der Waals surface area contributed by atoms with Crippen LogP contribution in [-0.4, -0.2) is 65.3 Å². The van der Waals surface area contributed by atoms with Crippen molar-refractivity contribution in [1.82, 2.24) is 15.1 Å². The van der Waals surface area contributed by atoms with Crippen LogP contribution in [0.3, 0.4) is 0 Å². The number of aliphatic hydroxyl groups is 1. The fraction of sp³-hybridized carbons (Fsp3) is 0.944. The summed E-state index contributed by atoms with van der Waals surface area (Å²) in [4.78, 5) is 17.1. The molecule has 2 saturated carbocycles. The minimum Gasteiger partial charge on any atom is -0.391 e. The number of nitrogens with zero attached hydrogens (tertiary/aromatic N) is 2. The van der Waals surface area contributed by atoms with Crippen LogP contribution in [0.25, 0.3) is 0 Å². The summed E-state index contributed by atoms with van der Waals surface area (Å²) in [6.45, 7) is 6.24. The summed E-state index contributed by atoms with van der Waals surface area (Å²) >= 11 is 0. The molecule has 23 heavy (non-hydrogen) atoms. The van der Waals surface area contributed by atoms with Gasteiger partial charge >= 0.3 is 6.03 Å². The van der Waals surface area contributed by atoms with Gasteiger partial charge in [-0.1, -0.05) is 12.8 Å². The van der Waals surface area contributed by atoms with E-state index in [1.165, 1.54) is 25.7 Å². The second-order valence-corrected chi connectivity index (χ2v) is 8.35. The van der Waals surface area contributed by atoms with Crippen molar-refractivity contribution in [3.05, 3.63) is 0 Å². The molecule has 4 fully saturated rings. The number of amides is 2. The monoisotopic (exact) mass is 321 g/mol. The van der Waals surface area contributed by atoms with E-state index in [1.807, 2.05) is 4.90 Å². The van der Waals surface area contributed by atoms with E-state index < -0.39 is 0 Å². The van der Waals surface area contributed by atoms with Crippen molar-refractivity contribution >= 4 is 6.03 Å². The predicted octanol–water partition coefficient (Wildman–Crippen LogP) is 1.66. The van der Waals surface area contributed by atoms with E-state index >= 15 is 0 Å². The maximum Gasteiger partial charge on any atom is 0.318 e. The second-order valence-electron chi connectivity index (χ2n) is 8.35. The molecule has 0 aromatic carbocycles. The third-order valence-corrected chi connectivity index (χ3v) is 6.71. The topological polar surface area (TPSA) is 55.8 Å². The molecule has 4 rings (SSSR count). The molecule has 5 heteroatoms. The molecule has 6 atom stereocenters. The Labute approximate surface area is 139 Å². The number of hydrogen-bond acceptors (Lipinski definition) is 3. The van der Waals surface area contributed by atoms with Gasteiger partial charge in [-0.05, 0) is 63.5 Å². The van der Waals surface area contributed by atoms with E-state index in [0.717, 1.165) is 39.0 Å². The van der Waals surface area contributed by atoms with Crippen LogP contribution < -0.4 is 5.32 Å². The molecule has 0 spiro atoms. The lowest BCUT2D eigenvalue weighted by molar-refractivity contribution is 0.0602. The van der Waals surface area contributed by atoms with E-state index in [4.69, 9.17) is 0 Å². The van der Waals surface area contributed by atoms with Crippen LogP contribution in [0, 0.1) is 17.8 Å². The summed E-state index contributed by atoms with van der Waals surface area (Å²) in [6, 6.07) is 0.309. The number of fused-ring (bicyclic) bond motifs is 1. The number of urea groups is 1. The summed E-state index contributed by atoms with van der Waals surface area (Å²) in [5.41, 5.74) is 0. The van der Waals surface area contributed by atoms with Gasteiger partial charge in [0, 0.05) is 19.1 Å². The van der Waals surface area contributed by atoms with E-state index in [9.17, 15) is 9.90 Å². The van der Waals surface area contributed by atoms with E-state index in [1.54, 1.807) is 0 Å². The van der Waals surface area contributed by atoms with Crippen molar-refractivity contribution in [2.75, 3.05) is 26.2 Å². The Bertz CT molecular complexity index is 448. The average Bonchev–Trinajstić information content (AvgIpc) is 3.03. The SMILES string of the molecule is C[C@H](CN1CCCCCC1)NC(=O)N1C[C@@H]2C[C@H]3C[C@H]2[C@@H]1[C@H]3O. The molecule has 2 aliphatic heterocycles. The molecule has 4 aliphatic rings. The Balaban J connectivity index is 1.31. The van der Waals surface area contributed by atoms with E-state index in [-0.39, 0.29) is 24.2 Å². The lowest BCUT2D eigenvalue weighted by Gasteiger charge is -2.31. The van der Waals surface area contributed by atoms with Gasteiger partial charge in [0.1, 0.15) is 0 Å². The maximum atomic E-state index is 12.7. The Morgan fingerprint density at radius 1 is 1.17 bits per heavy atom. The van der Waals surface area contributed by atoms with Crippen LogP contribution in [0.15, 0.2) is 0 Å². The van der Waals surface area contributed by atoms with E-state index in [0.29, 0.717) is 17.8 Å². The Morgan fingerprint density at radius 2 is 1.91 bits per heavy atom. The maximum absolute atomic E-state index is 12.7. The average molecular weight is 321 g/mol. The number of aliphatic hydroxyl groups excluding tert-OH is 1. The first-order valence-corrected chi connectivity index (χ1v) is 9.61. The molecule has 2 saturated heterocycles. The molecule has 130 valence electrons. The molecule has 0 aromatic rings. The van der Waals surface area contributed by atoms with Crippen molar-refractivity contribution < 1.29 is 9.90 Å². The highest BCUT2D eigenvalue weighted by molar-refractivity contribution is 5.75. The van der Waals surface area contributed by atoms with Crippen molar-refractivity contribution in [2.24, 2.45) is 17.8 Å². The van der Waals surface area contributed by atoms with Crippen molar-refractivity contribution in [3.63, 3.8) is 0 Å². The molecular formula is C18H31N3O2. The molecule has 5 nitrogen and oxygen atoms in total. The molecule has 2 aliphatic carbocycles. The minimum absolute atomic E-state index is 0.0476. The zero-order valence-corrected chi connectivity index (χ0v) is 14.3. The quantitative estimate of drug-likeness (QED) is 0.831. The Hall–Kier alpha value is -0.810. The molecular weight excluding hydrogens is 290 g/mol. The molecule has 0 unspecified atom stereocenters. The van der Waals surface area contributed by atoms with Crippen LogP contribution in [0.5, 0.6) is 0 Å². The summed E-state index contributed by atoms with van der Waals surface area (Å²) in [7, 11) is 0. The van der Waals surface area contributed by atoms with Gasteiger partial charge < -0.3 is 20.2 Å². The van der Waals surface area contributed by atoms with Crippen LogP contribution in [-0.2, 0) is 0 Å². The van der Waals surface area contributed by atoms with Gasteiger partial charge in [-0.2, -0.15) is 0 Å². The van der Waals surface area contributed by atoms with Crippen LogP contribution in [0.1, 0.15) is 45.4 Å². The first-order chi connectivity index (χ1) is 11.1. The summed E-state index contributed by atoms with van der Waals surface area (Å²) in [5, 5.41) is 13.6. The number of carbonyl (C=O) groups excluding carboxylic acids is 1. The van der Waals surface area contributed by atoms with Gasteiger partial charge in [-0.15, -0.1) is 0 Å². The van der Waals surface area contributed by atoms with Crippen molar-refractivity contribution in [2.45, 2.75) is 63.6 Å². The van der Waals surface area contributed by atoms with Crippen molar-refractivity contribution in [3.8, 4) is 0 Å². The lowest BCUT2D eigenvalue weighted by Crippen LogP contribution is -2.52. The number of hydrogen-bond donors (Lipinski definition) is 2. The van der Waals surface area contributed by atoms with Gasteiger partial charge in [0.2, 0.25) is 0 Å². The standard InChI is InChI=1S/C18H31N3O2/c1-12(10-20-6-4-2-3-5-7-20)19-18(23)21-11-14-8-13-9-15(14)16(21)17(13)22/h12-17,22H,2-11H2,1H3,(H,19,23)/t12-,13+,14+,15-,16-,17+/m1/s1. The van der Waals surface area contributed by atoms with Gasteiger partial charge in [0.25, 0.3) is 0 Å². The fourth-order valence-corrected chi connectivity index (χ4v) is 5.69. The predicted molar refractivity (Wildman–Crippen MR) is 89.1 cm³/mol. The third-order valence-electron chi connectivity index (χ3n) is 6.71. The lowest BCUT2D eigenvalue weighted by atomic mass is 9.88. The minimum atomic E-state index is -0.287. The molecule has 2 bridgehead atoms. The van der Waals surface area contributed by atoms with Gasteiger partial charge in [0.15, 0.2) is 0 Å². The largest absolute Gasteiger partial charge is 0.391 e. The molecule has 2 N–H and O–H groups in total. The van der Waals surface area contributed by atoms with Gasteiger partial charge in [0.05, 0.1) is 12.1 Å². The Kier molecular flexibility index (Phi) is 4.26. The van der Waals surface area contributed by atoms with Gasteiger partial charge in [-0.3, -0.25) is 0 Å².